The maximum absolute atomic E-state index is 14.7. The Kier molecular flexibility index (Phi) is 10.1. The van der Waals surface area contributed by atoms with Gasteiger partial charge >= 0.3 is 6.18 Å². The van der Waals surface area contributed by atoms with Gasteiger partial charge in [-0.1, -0.05) is 47.5 Å². The molecular formula is C37H39Cl2F4N5O3S. The number of halogens is 6. The van der Waals surface area contributed by atoms with Gasteiger partial charge in [-0.25, -0.2) is 22.5 Å². The molecule has 3 aromatic carbocycles. The molecule has 7 rings (SSSR count). The van der Waals surface area contributed by atoms with Gasteiger partial charge in [0.2, 0.25) is 10.0 Å². The number of hydrogen-bond donors (Lipinski definition) is 1. The molecule has 52 heavy (non-hydrogen) atoms. The average molecular weight is 781 g/mol. The molecule has 4 heterocycles. The second kappa shape index (κ2) is 14.2. The van der Waals surface area contributed by atoms with Crippen LogP contribution in [-0.4, -0.2) is 78.1 Å². The smallest absolute Gasteiger partial charge is 0.338 e. The third kappa shape index (κ3) is 7.19. The summed E-state index contributed by atoms with van der Waals surface area (Å²) < 4.78 is 82.4. The van der Waals surface area contributed by atoms with Gasteiger partial charge in [0.25, 0.3) is 5.91 Å². The number of amides is 1. The van der Waals surface area contributed by atoms with Crippen molar-refractivity contribution in [2.75, 3.05) is 26.2 Å². The first-order chi connectivity index (χ1) is 24.7. The number of nitrogens with one attached hydrogen (secondary N) is 1. The molecule has 3 saturated heterocycles. The van der Waals surface area contributed by atoms with Crippen LogP contribution in [0, 0.1) is 12.7 Å². The molecule has 3 fully saturated rings. The summed E-state index contributed by atoms with van der Waals surface area (Å²) in [6, 6.07) is 18.2. The van der Waals surface area contributed by atoms with Crippen LogP contribution in [0.5, 0.6) is 0 Å². The minimum Gasteiger partial charge on any atom is -0.338 e. The number of nitrogens with zero attached hydrogens (tertiary/aromatic N) is 4. The van der Waals surface area contributed by atoms with Crippen molar-refractivity contribution in [2.45, 2.75) is 86.5 Å². The minimum absolute atomic E-state index is 0.121. The number of carbonyl (C=O) groups is 1. The Balaban J connectivity index is 1.08. The topological polar surface area (TPSA) is 87.5 Å². The van der Waals surface area contributed by atoms with Crippen LogP contribution in [0.25, 0.3) is 11.0 Å². The van der Waals surface area contributed by atoms with Gasteiger partial charge in [-0.15, -0.1) is 0 Å². The molecule has 0 radical (unpaired) electrons. The fourth-order valence-corrected chi connectivity index (χ4v) is 10.7. The van der Waals surface area contributed by atoms with Crippen LogP contribution in [0.1, 0.15) is 72.7 Å². The number of fused-ring (bicyclic) bond motifs is 3. The van der Waals surface area contributed by atoms with Crippen LogP contribution < -0.4 is 4.72 Å². The van der Waals surface area contributed by atoms with E-state index in [9.17, 15) is 30.8 Å². The Morgan fingerprint density at radius 2 is 1.67 bits per heavy atom. The van der Waals surface area contributed by atoms with Gasteiger partial charge in [0, 0.05) is 31.2 Å². The van der Waals surface area contributed by atoms with Gasteiger partial charge in [0.15, 0.2) is 0 Å². The lowest BCUT2D eigenvalue weighted by molar-refractivity contribution is -0.121. The number of benzene rings is 3. The zero-order chi connectivity index (χ0) is 37.0. The first-order valence-corrected chi connectivity index (χ1v) is 19.7. The summed E-state index contributed by atoms with van der Waals surface area (Å²) in [6.45, 7) is 1.61. The van der Waals surface area contributed by atoms with Crippen molar-refractivity contribution >= 4 is 50.2 Å². The van der Waals surface area contributed by atoms with Crippen molar-refractivity contribution in [3.8, 4) is 0 Å². The van der Waals surface area contributed by atoms with Crippen LogP contribution in [-0.2, 0) is 15.4 Å². The van der Waals surface area contributed by atoms with E-state index >= 15 is 0 Å². The Labute approximate surface area is 310 Å². The fourth-order valence-electron chi connectivity index (χ4n) is 8.78. The minimum atomic E-state index is -4.79. The number of carbonyl (C=O) groups excluding carboxylic acids is 1. The third-order valence-corrected chi connectivity index (χ3v) is 13.6. The van der Waals surface area contributed by atoms with E-state index in [1.807, 2.05) is 12.1 Å². The molecule has 8 nitrogen and oxygen atoms in total. The Morgan fingerprint density at radius 1 is 0.981 bits per heavy atom. The summed E-state index contributed by atoms with van der Waals surface area (Å²) in [7, 11) is -4.71. The van der Waals surface area contributed by atoms with Gasteiger partial charge in [-0.2, -0.15) is 13.2 Å². The highest BCUT2D eigenvalue weighted by Crippen LogP contribution is 2.45. The van der Waals surface area contributed by atoms with Crippen molar-refractivity contribution in [2.24, 2.45) is 0 Å². The highest BCUT2D eigenvalue weighted by molar-refractivity contribution is 7.89. The molecule has 2 bridgehead atoms. The number of sulfonamides is 1. The van der Waals surface area contributed by atoms with Gasteiger partial charge in [-0.05, 0) is 106 Å². The summed E-state index contributed by atoms with van der Waals surface area (Å²) in [5, 5.41) is -0.670. The predicted molar refractivity (Wildman–Crippen MR) is 192 cm³/mol. The molecule has 1 aromatic heterocycles. The van der Waals surface area contributed by atoms with Crippen molar-refractivity contribution in [3.05, 3.63) is 93.5 Å². The number of rotatable bonds is 9. The summed E-state index contributed by atoms with van der Waals surface area (Å²) in [5.74, 6) is 0.0625. The first kappa shape index (κ1) is 37.1. The fraction of sp³-hybridized carbons (Fsp3) is 0.459. The SMILES string of the molecule is Cc1nc2ccccc2n1C1C[C@H]2CC[C@@H](C1)N2CCC1(c2cccc(F)c2)CCN(C(=O)c2c(Cl)ccc(S(=O)(=O)NCC(F)(F)F)c2Cl)CC1. The third-order valence-electron chi connectivity index (χ3n) is 11.3. The molecule has 4 aromatic rings. The van der Waals surface area contributed by atoms with E-state index in [-0.39, 0.29) is 29.5 Å². The van der Waals surface area contributed by atoms with E-state index in [4.69, 9.17) is 28.2 Å². The maximum atomic E-state index is 14.7. The van der Waals surface area contributed by atoms with E-state index in [0.717, 1.165) is 67.7 Å². The molecule has 0 spiro atoms. The number of aromatic nitrogens is 2. The van der Waals surface area contributed by atoms with Crippen molar-refractivity contribution in [3.63, 3.8) is 0 Å². The summed E-state index contributed by atoms with van der Waals surface area (Å²) >= 11 is 12.8. The quantitative estimate of drug-likeness (QED) is 0.174. The van der Waals surface area contributed by atoms with Crippen LogP contribution in [0.2, 0.25) is 10.0 Å². The van der Waals surface area contributed by atoms with Gasteiger partial charge in [0.1, 0.15) is 23.1 Å². The molecule has 3 atom stereocenters. The number of hydrogen-bond acceptors (Lipinski definition) is 5. The monoisotopic (exact) mass is 779 g/mol. The summed E-state index contributed by atoms with van der Waals surface area (Å²) in [4.78, 5) is 22.1. The lowest BCUT2D eigenvalue weighted by atomic mass is 9.70. The van der Waals surface area contributed by atoms with E-state index in [1.54, 1.807) is 12.1 Å². The Hall–Kier alpha value is -3.23. The van der Waals surface area contributed by atoms with Crippen molar-refractivity contribution in [1.82, 2.24) is 24.1 Å². The number of para-hydroxylation sites is 2. The van der Waals surface area contributed by atoms with Crippen LogP contribution >= 0.6 is 23.2 Å². The van der Waals surface area contributed by atoms with Crippen LogP contribution in [0.4, 0.5) is 17.6 Å². The molecule has 0 aliphatic carbocycles. The molecule has 1 N–H and O–H groups in total. The molecule has 1 amide bonds. The van der Waals surface area contributed by atoms with Crippen molar-refractivity contribution in [1.29, 1.82) is 0 Å². The molecular weight excluding hydrogens is 741 g/mol. The van der Waals surface area contributed by atoms with Crippen LogP contribution in [0.15, 0.2) is 65.6 Å². The largest absolute Gasteiger partial charge is 0.402 e. The number of piperidine rings is 2. The first-order valence-electron chi connectivity index (χ1n) is 17.4. The molecule has 3 aliphatic rings. The van der Waals surface area contributed by atoms with Crippen molar-refractivity contribution < 1.29 is 30.8 Å². The number of alkyl halides is 3. The maximum Gasteiger partial charge on any atom is 0.402 e. The van der Waals surface area contributed by atoms with E-state index in [0.29, 0.717) is 31.0 Å². The lowest BCUT2D eigenvalue weighted by Crippen LogP contribution is -2.49. The van der Waals surface area contributed by atoms with E-state index in [1.165, 1.54) is 21.2 Å². The second-order valence-electron chi connectivity index (χ2n) is 14.3. The Bertz CT molecular complexity index is 2090. The average Bonchev–Trinajstić information content (AvgIpc) is 3.56. The molecule has 15 heteroatoms. The highest BCUT2D eigenvalue weighted by atomic mass is 35.5. The highest BCUT2D eigenvalue weighted by Gasteiger charge is 2.45. The normalized spacial score (nSPS) is 22.3. The second-order valence-corrected chi connectivity index (χ2v) is 16.8. The number of likely N-dealkylation sites (tertiary alicyclic amines) is 1. The van der Waals surface area contributed by atoms with Gasteiger partial charge < -0.3 is 9.47 Å². The molecule has 3 aliphatic heterocycles. The molecule has 278 valence electrons. The summed E-state index contributed by atoms with van der Waals surface area (Å²) in [5.41, 5.74) is 2.31. The molecule has 1 unspecified atom stereocenters. The van der Waals surface area contributed by atoms with E-state index in [2.05, 4.69) is 34.6 Å². The standard InChI is InChI=1S/C37H39Cl2F4N5O3S/c1-23-45-30-7-2-3-8-31(30)48(23)28-20-26-9-10-27(21-28)47(26)18-15-36(24-5-4-6-25(40)19-24)13-16-46(17-14-36)35(49)33-29(38)11-12-32(34(33)39)52(50,51)44-22-37(41,42)43/h2-8,11-12,19,26-28,44H,9-10,13-18,20-22H2,1H3/t26-,27+,28?. The zero-order valence-corrected chi connectivity index (χ0v) is 30.8. The predicted octanol–water partition coefficient (Wildman–Crippen LogP) is 8.06. The molecule has 0 saturated carbocycles. The lowest BCUT2D eigenvalue weighted by Gasteiger charge is -2.45. The number of aryl methyl sites for hydroxylation is 1. The Morgan fingerprint density at radius 3 is 2.35 bits per heavy atom. The van der Waals surface area contributed by atoms with E-state index < -0.39 is 44.0 Å². The van der Waals surface area contributed by atoms with Gasteiger partial charge in [0.05, 0.1) is 26.6 Å². The van der Waals surface area contributed by atoms with Gasteiger partial charge in [-0.3, -0.25) is 9.69 Å². The zero-order valence-electron chi connectivity index (χ0n) is 28.5. The number of imidazole rings is 1. The van der Waals surface area contributed by atoms with Crippen LogP contribution in [0.3, 0.4) is 0 Å². The summed E-state index contributed by atoms with van der Waals surface area (Å²) in [6.07, 6.45) is 1.25.